The minimum Gasteiger partial charge on any atom is -0.353 e. The van der Waals surface area contributed by atoms with Crippen LogP contribution in [0, 0.1) is 0 Å². The van der Waals surface area contributed by atoms with Crippen molar-refractivity contribution in [3.63, 3.8) is 0 Å². The van der Waals surface area contributed by atoms with Gasteiger partial charge in [-0.25, -0.2) is 0 Å². The summed E-state index contributed by atoms with van der Waals surface area (Å²) in [5, 5.41) is 2.74. The van der Waals surface area contributed by atoms with Gasteiger partial charge in [0.1, 0.15) is 0 Å². The van der Waals surface area contributed by atoms with E-state index in [0.717, 1.165) is 19.3 Å². The third-order valence-electron chi connectivity index (χ3n) is 2.50. The molecule has 1 saturated heterocycles. The summed E-state index contributed by atoms with van der Waals surface area (Å²) in [7, 11) is 0. The molecule has 1 N–H and O–H groups in total. The molecular formula is C12H21NO3. The first-order valence-corrected chi connectivity index (χ1v) is 5.75. The number of nitrogens with one attached hydrogen (secondary N) is 1. The van der Waals surface area contributed by atoms with E-state index < -0.39 is 5.79 Å². The molecule has 1 aliphatic rings. The van der Waals surface area contributed by atoms with Crippen molar-refractivity contribution < 1.29 is 14.3 Å². The Morgan fingerprint density at radius 3 is 2.88 bits per heavy atom. The summed E-state index contributed by atoms with van der Waals surface area (Å²) in [6.45, 7) is 8.61. The van der Waals surface area contributed by atoms with Gasteiger partial charge in [0.2, 0.25) is 5.91 Å². The second kappa shape index (κ2) is 6.01. The second-order valence-corrected chi connectivity index (χ2v) is 4.44. The van der Waals surface area contributed by atoms with Gasteiger partial charge in [0, 0.05) is 6.54 Å². The van der Waals surface area contributed by atoms with Crippen molar-refractivity contribution in [1.29, 1.82) is 0 Å². The van der Waals surface area contributed by atoms with Crippen LogP contribution in [0.25, 0.3) is 0 Å². The van der Waals surface area contributed by atoms with Crippen LogP contribution in [0.1, 0.15) is 33.1 Å². The number of hydrogen-bond donors (Lipinski definition) is 1. The van der Waals surface area contributed by atoms with Crippen LogP contribution in [0.5, 0.6) is 0 Å². The summed E-state index contributed by atoms with van der Waals surface area (Å²) in [6, 6.07) is 0. The molecule has 4 nitrogen and oxygen atoms in total. The van der Waals surface area contributed by atoms with Crippen molar-refractivity contribution in [2.75, 3.05) is 13.2 Å². The van der Waals surface area contributed by atoms with E-state index in [4.69, 9.17) is 9.47 Å². The molecule has 1 atom stereocenters. The molecule has 1 amide bonds. The van der Waals surface area contributed by atoms with Crippen LogP contribution in [-0.4, -0.2) is 30.9 Å². The van der Waals surface area contributed by atoms with E-state index in [1.807, 2.05) is 13.8 Å². The van der Waals surface area contributed by atoms with E-state index in [2.05, 4.69) is 11.9 Å². The monoisotopic (exact) mass is 227 g/mol. The molecule has 0 aromatic heterocycles. The van der Waals surface area contributed by atoms with Gasteiger partial charge < -0.3 is 14.8 Å². The number of hydrogen-bond acceptors (Lipinski definition) is 3. The molecule has 0 aromatic carbocycles. The van der Waals surface area contributed by atoms with Crippen molar-refractivity contribution in [1.82, 2.24) is 5.32 Å². The number of rotatable bonds is 6. The molecule has 1 heterocycles. The smallest absolute Gasteiger partial charge is 0.243 e. The molecule has 0 aromatic rings. The Hall–Kier alpha value is -0.870. The first-order chi connectivity index (χ1) is 7.53. The Labute approximate surface area is 97.0 Å². The normalized spacial score (nSPS) is 23.0. The summed E-state index contributed by atoms with van der Waals surface area (Å²) in [4.78, 5) is 10.8. The van der Waals surface area contributed by atoms with Crippen LogP contribution >= 0.6 is 0 Å². The minimum absolute atomic E-state index is 0.110. The van der Waals surface area contributed by atoms with Gasteiger partial charge in [-0.3, -0.25) is 4.79 Å². The summed E-state index contributed by atoms with van der Waals surface area (Å²) < 4.78 is 11.1. The lowest BCUT2D eigenvalue weighted by Crippen LogP contribution is -2.23. The SMILES string of the molecule is C=CC(=O)NCCCCC1COC(C)(C)O1. The first kappa shape index (κ1) is 13.2. The predicted octanol–water partition coefficient (Wildman–Crippen LogP) is 1.61. The van der Waals surface area contributed by atoms with Crippen molar-refractivity contribution in [3.8, 4) is 0 Å². The first-order valence-electron chi connectivity index (χ1n) is 5.75. The molecule has 0 spiro atoms. The zero-order chi connectivity index (χ0) is 12.0. The van der Waals surface area contributed by atoms with Gasteiger partial charge in [-0.05, 0) is 39.2 Å². The minimum atomic E-state index is -0.429. The predicted molar refractivity (Wildman–Crippen MR) is 62.0 cm³/mol. The van der Waals surface area contributed by atoms with Crippen LogP contribution < -0.4 is 5.32 Å². The Kier molecular flexibility index (Phi) is 4.96. The molecule has 0 aliphatic carbocycles. The van der Waals surface area contributed by atoms with Crippen molar-refractivity contribution in [2.24, 2.45) is 0 Å². The molecule has 92 valence electrons. The number of unbranched alkanes of at least 4 members (excludes halogenated alkanes) is 1. The summed E-state index contributed by atoms with van der Waals surface area (Å²) >= 11 is 0. The molecule has 1 fully saturated rings. The highest BCUT2D eigenvalue weighted by molar-refractivity contribution is 5.86. The van der Waals surface area contributed by atoms with Gasteiger partial charge in [-0.15, -0.1) is 0 Å². The highest BCUT2D eigenvalue weighted by atomic mass is 16.7. The summed E-state index contributed by atoms with van der Waals surface area (Å²) in [6.07, 6.45) is 4.45. The third kappa shape index (κ3) is 4.77. The van der Waals surface area contributed by atoms with E-state index >= 15 is 0 Å². The van der Waals surface area contributed by atoms with Gasteiger partial charge in [0.05, 0.1) is 12.7 Å². The quantitative estimate of drug-likeness (QED) is 0.554. The molecular weight excluding hydrogens is 206 g/mol. The lowest BCUT2D eigenvalue weighted by Gasteiger charge is -2.16. The van der Waals surface area contributed by atoms with Gasteiger partial charge in [0.15, 0.2) is 5.79 Å². The number of carbonyl (C=O) groups excluding carboxylic acids is 1. The Morgan fingerprint density at radius 2 is 2.31 bits per heavy atom. The average Bonchev–Trinajstić information content (AvgIpc) is 2.57. The number of amides is 1. The third-order valence-corrected chi connectivity index (χ3v) is 2.50. The summed E-state index contributed by atoms with van der Waals surface area (Å²) in [5.41, 5.74) is 0. The standard InChI is InChI=1S/C12H21NO3/c1-4-11(14)13-8-6-5-7-10-9-15-12(2,3)16-10/h4,10H,1,5-9H2,2-3H3,(H,13,14). The molecule has 4 heteroatoms. The van der Waals surface area contributed by atoms with Crippen molar-refractivity contribution in [2.45, 2.75) is 45.0 Å². The molecule has 1 unspecified atom stereocenters. The van der Waals surface area contributed by atoms with Gasteiger partial charge in [0.25, 0.3) is 0 Å². The largest absolute Gasteiger partial charge is 0.353 e. The lowest BCUT2D eigenvalue weighted by atomic mass is 10.1. The maximum Gasteiger partial charge on any atom is 0.243 e. The Balaban J connectivity index is 2.00. The highest BCUT2D eigenvalue weighted by Gasteiger charge is 2.31. The van der Waals surface area contributed by atoms with Gasteiger partial charge in [-0.1, -0.05) is 6.58 Å². The molecule has 0 bridgehead atoms. The van der Waals surface area contributed by atoms with Gasteiger partial charge >= 0.3 is 0 Å². The van der Waals surface area contributed by atoms with Gasteiger partial charge in [-0.2, -0.15) is 0 Å². The van der Waals surface area contributed by atoms with E-state index in [0.29, 0.717) is 13.2 Å². The van der Waals surface area contributed by atoms with Crippen molar-refractivity contribution >= 4 is 5.91 Å². The van der Waals surface area contributed by atoms with E-state index in [1.54, 1.807) is 0 Å². The van der Waals surface area contributed by atoms with E-state index in [9.17, 15) is 4.79 Å². The fraction of sp³-hybridized carbons (Fsp3) is 0.750. The zero-order valence-electron chi connectivity index (χ0n) is 10.1. The van der Waals surface area contributed by atoms with E-state index in [-0.39, 0.29) is 12.0 Å². The Bertz CT molecular complexity index is 251. The van der Waals surface area contributed by atoms with E-state index in [1.165, 1.54) is 6.08 Å². The lowest BCUT2D eigenvalue weighted by molar-refractivity contribution is -0.139. The highest BCUT2D eigenvalue weighted by Crippen LogP contribution is 2.24. The number of carbonyl (C=O) groups is 1. The molecule has 1 aliphatic heterocycles. The maximum absolute atomic E-state index is 10.8. The molecule has 16 heavy (non-hydrogen) atoms. The second-order valence-electron chi connectivity index (χ2n) is 4.44. The Morgan fingerprint density at radius 1 is 1.56 bits per heavy atom. The fourth-order valence-corrected chi connectivity index (χ4v) is 1.69. The van der Waals surface area contributed by atoms with Crippen LogP contribution in [-0.2, 0) is 14.3 Å². The number of ether oxygens (including phenoxy) is 2. The average molecular weight is 227 g/mol. The topological polar surface area (TPSA) is 47.6 Å². The molecule has 0 radical (unpaired) electrons. The van der Waals surface area contributed by atoms with Crippen molar-refractivity contribution in [3.05, 3.63) is 12.7 Å². The van der Waals surface area contributed by atoms with Crippen LogP contribution in [0.2, 0.25) is 0 Å². The van der Waals surface area contributed by atoms with Crippen LogP contribution in [0.4, 0.5) is 0 Å². The maximum atomic E-state index is 10.8. The zero-order valence-corrected chi connectivity index (χ0v) is 10.1. The summed E-state index contributed by atoms with van der Waals surface area (Å²) in [5.74, 6) is -0.538. The molecule has 0 saturated carbocycles. The van der Waals surface area contributed by atoms with Crippen LogP contribution in [0.15, 0.2) is 12.7 Å². The fourth-order valence-electron chi connectivity index (χ4n) is 1.69. The molecule has 1 rings (SSSR count). The van der Waals surface area contributed by atoms with Crippen LogP contribution in [0.3, 0.4) is 0 Å².